The summed E-state index contributed by atoms with van der Waals surface area (Å²) >= 11 is 0. The SMILES string of the molecule is C#Cc1ccc2c(c1)[nH]c1c2c(=O)c2cc(OC)c(-c3cncc(S(=O)(=O)F)c3)cc2n1C1CN(C)C1. The van der Waals surface area contributed by atoms with E-state index in [9.17, 15) is 17.1 Å². The normalized spacial score (nSPS) is 14.8. The van der Waals surface area contributed by atoms with Gasteiger partial charge in [-0.1, -0.05) is 12.0 Å². The summed E-state index contributed by atoms with van der Waals surface area (Å²) in [6.07, 6.45) is 7.98. The zero-order valence-corrected chi connectivity index (χ0v) is 20.8. The minimum atomic E-state index is -4.96. The lowest BCUT2D eigenvalue weighted by atomic mass is 10.0. The van der Waals surface area contributed by atoms with Crippen LogP contribution in [0.1, 0.15) is 11.6 Å². The van der Waals surface area contributed by atoms with Crippen molar-refractivity contribution < 1.29 is 17.0 Å². The first-order valence-corrected chi connectivity index (χ1v) is 12.8. The molecule has 0 spiro atoms. The number of nitrogens with one attached hydrogen (secondary N) is 1. The third-order valence-corrected chi connectivity index (χ3v) is 7.74. The Hall–Kier alpha value is -4.20. The van der Waals surface area contributed by atoms with E-state index in [1.165, 1.54) is 19.4 Å². The van der Waals surface area contributed by atoms with E-state index in [4.69, 9.17) is 11.2 Å². The lowest BCUT2D eigenvalue weighted by Crippen LogP contribution is -2.45. The number of pyridine rings is 2. The summed E-state index contributed by atoms with van der Waals surface area (Å²) in [5.41, 5.74) is 3.44. The molecule has 1 fully saturated rings. The fraction of sp³-hybridized carbons (Fsp3) is 0.185. The number of hydrogen-bond acceptors (Lipinski definition) is 6. The van der Waals surface area contributed by atoms with Gasteiger partial charge in [-0.2, -0.15) is 8.42 Å². The van der Waals surface area contributed by atoms with Crippen LogP contribution in [-0.2, 0) is 10.2 Å². The lowest BCUT2D eigenvalue weighted by Gasteiger charge is -2.39. The van der Waals surface area contributed by atoms with Gasteiger partial charge >= 0.3 is 10.2 Å². The average molecular weight is 517 g/mol. The summed E-state index contributed by atoms with van der Waals surface area (Å²) in [5.74, 6) is 2.97. The summed E-state index contributed by atoms with van der Waals surface area (Å²) in [5, 5.41) is 1.78. The number of hydrogen-bond donors (Lipinski definition) is 1. The molecular formula is C27H21FN4O4S. The second kappa shape index (κ2) is 8.16. The van der Waals surface area contributed by atoms with Gasteiger partial charge in [-0.25, -0.2) is 0 Å². The molecule has 4 heterocycles. The van der Waals surface area contributed by atoms with Gasteiger partial charge in [-0.05, 0) is 37.4 Å². The Balaban J connectivity index is 1.73. The van der Waals surface area contributed by atoms with Gasteiger partial charge in [0, 0.05) is 53.1 Å². The van der Waals surface area contributed by atoms with Crippen LogP contribution >= 0.6 is 0 Å². The summed E-state index contributed by atoms with van der Waals surface area (Å²) in [7, 11) is -1.48. The first-order valence-electron chi connectivity index (χ1n) is 11.5. The molecule has 186 valence electrons. The maximum absolute atomic E-state index is 13.9. The summed E-state index contributed by atoms with van der Waals surface area (Å²) in [6, 6.07) is 10.2. The molecular weight excluding hydrogens is 495 g/mol. The zero-order chi connectivity index (χ0) is 26.1. The van der Waals surface area contributed by atoms with Crippen LogP contribution in [0.4, 0.5) is 3.89 Å². The standard InChI is InChI=1S/C27H21FN4O4S/c1-4-15-5-6-19-22(7-15)30-27-25(19)26(33)21-10-24(36-3)20(9-23(21)32(27)17-13-31(2)14-17)16-8-18(12-29-11-16)37(28,34)35/h1,5-12,17,30H,13-14H2,2-3H3. The van der Waals surface area contributed by atoms with E-state index >= 15 is 0 Å². The minimum absolute atomic E-state index is 0.0766. The molecule has 1 aliphatic rings. The third kappa shape index (κ3) is 3.58. The zero-order valence-electron chi connectivity index (χ0n) is 19.9. The lowest BCUT2D eigenvalue weighted by molar-refractivity contribution is 0.146. The molecule has 0 radical (unpaired) electrons. The number of ether oxygens (including phenoxy) is 1. The van der Waals surface area contributed by atoms with Gasteiger partial charge in [0.25, 0.3) is 0 Å². The van der Waals surface area contributed by atoms with Crippen LogP contribution in [0.5, 0.6) is 5.75 Å². The first kappa shape index (κ1) is 23.2. The summed E-state index contributed by atoms with van der Waals surface area (Å²) < 4.78 is 44.5. The number of rotatable bonds is 4. The van der Waals surface area contributed by atoms with E-state index in [1.54, 1.807) is 12.1 Å². The van der Waals surface area contributed by atoms with E-state index < -0.39 is 15.1 Å². The number of terminal acetylenes is 1. The van der Waals surface area contributed by atoms with Crippen LogP contribution in [0, 0.1) is 12.3 Å². The van der Waals surface area contributed by atoms with Crippen molar-refractivity contribution in [1.82, 2.24) is 19.4 Å². The monoisotopic (exact) mass is 516 g/mol. The molecule has 10 heteroatoms. The Morgan fingerprint density at radius 1 is 1.16 bits per heavy atom. The Morgan fingerprint density at radius 3 is 2.62 bits per heavy atom. The topological polar surface area (TPSA) is 97.3 Å². The minimum Gasteiger partial charge on any atom is -0.496 e. The molecule has 1 N–H and O–H groups in total. The van der Waals surface area contributed by atoms with E-state index in [0.717, 1.165) is 30.2 Å². The molecule has 3 aromatic heterocycles. The quantitative estimate of drug-likeness (QED) is 0.288. The van der Waals surface area contributed by atoms with E-state index in [2.05, 4.69) is 25.4 Å². The fourth-order valence-corrected chi connectivity index (χ4v) is 5.65. The predicted molar refractivity (Wildman–Crippen MR) is 140 cm³/mol. The highest BCUT2D eigenvalue weighted by molar-refractivity contribution is 7.86. The molecule has 0 bridgehead atoms. The van der Waals surface area contributed by atoms with Gasteiger partial charge in [-0.3, -0.25) is 9.78 Å². The maximum Gasteiger partial charge on any atom is 0.333 e. The van der Waals surface area contributed by atoms with E-state index in [-0.39, 0.29) is 11.5 Å². The number of nitrogens with zero attached hydrogens (tertiary/aromatic N) is 3. The predicted octanol–water partition coefficient (Wildman–Crippen LogP) is 3.83. The molecule has 0 saturated carbocycles. The van der Waals surface area contributed by atoms with Crippen LogP contribution in [0.15, 0.2) is 58.5 Å². The van der Waals surface area contributed by atoms with Gasteiger partial charge in [0.05, 0.1) is 29.4 Å². The number of halogens is 1. The molecule has 37 heavy (non-hydrogen) atoms. The molecule has 0 unspecified atom stereocenters. The van der Waals surface area contributed by atoms with Crippen molar-refractivity contribution in [3.8, 4) is 29.2 Å². The second-order valence-corrected chi connectivity index (χ2v) is 10.6. The molecule has 6 rings (SSSR count). The highest BCUT2D eigenvalue weighted by Gasteiger charge is 2.30. The van der Waals surface area contributed by atoms with Crippen LogP contribution in [0.3, 0.4) is 0 Å². The highest BCUT2D eigenvalue weighted by atomic mass is 32.3. The number of aromatic nitrogens is 3. The Morgan fingerprint density at radius 2 is 1.95 bits per heavy atom. The molecule has 5 aromatic rings. The number of benzene rings is 2. The number of H-pyrrole nitrogens is 1. The van der Waals surface area contributed by atoms with Crippen molar-refractivity contribution in [1.29, 1.82) is 0 Å². The van der Waals surface area contributed by atoms with Crippen LogP contribution in [0.25, 0.3) is 44.0 Å². The van der Waals surface area contributed by atoms with Crippen molar-refractivity contribution in [3.63, 3.8) is 0 Å². The van der Waals surface area contributed by atoms with Crippen molar-refractivity contribution >= 4 is 43.1 Å². The fourth-order valence-electron chi connectivity index (χ4n) is 5.19. The van der Waals surface area contributed by atoms with Gasteiger partial charge in [0.2, 0.25) is 0 Å². The van der Waals surface area contributed by atoms with Crippen molar-refractivity contribution in [2.24, 2.45) is 0 Å². The Kier molecular flexibility index (Phi) is 5.12. The maximum atomic E-state index is 13.9. The first-order chi connectivity index (χ1) is 17.7. The van der Waals surface area contributed by atoms with Gasteiger partial charge in [0.1, 0.15) is 16.3 Å². The van der Waals surface area contributed by atoms with Crippen molar-refractivity contribution in [2.75, 3.05) is 27.2 Å². The number of likely N-dealkylation sites (tertiary alicyclic amines) is 1. The summed E-state index contributed by atoms with van der Waals surface area (Å²) in [6.45, 7) is 1.55. The molecule has 1 aliphatic heterocycles. The second-order valence-electron chi connectivity index (χ2n) is 9.24. The molecule has 1 saturated heterocycles. The van der Waals surface area contributed by atoms with E-state index in [0.29, 0.717) is 44.4 Å². The van der Waals surface area contributed by atoms with Crippen LogP contribution < -0.4 is 10.2 Å². The van der Waals surface area contributed by atoms with Crippen LogP contribution in [0.2, 0.25) is 0 Å². The average Bonchev–Trinajstić information content (AvgIpc) is 3.25. The number of methoxy groups -OCH3 is 1. The third-order valence-electron chi connectivity index (χ3n) is 6.95. The molecule has 0 amide bonds. The van der Waals surface area contributed by atoms with E-state index in [1.807, 2.05) is 25.2 Å². The Labute approximate surface area is 211 Å². The van der Waals surface area contributed by atoms with Crippen LogP contribution in [-0.4, -0.2) is 55.1 Å². The number of aromatic amines is 1. The van der Waals surface area contributed by atoms with Gasteiger partial charge in [-0.15, -0.1) is 10.3 Å². The molecule has 8 nitrogen and oxygen atoms in total. The summed E-state index contributed by atoms with van der Waals surface area (Å²) in [4.78, 5) is 22.8. The van der Waals surface area contributed by atoms with Crippen molar-refractivity contribution in [2.45, 2.75) is 10.9 Å². The number of likely N-dealkylation sites (N-methyl/N-ethyl adjacent to an activating group) is 1. The smallest absolute Gasteiger partial charge is 0.333 e. The number of fused-ring (bicyclic) bond motifs is 4. The Bertz CT molecular complexity index is 1960. The van der Waals surface area contributed by atoms with Gasteiger partial charge in [0.15, 0.2) is 5.43 Å². The molecule has 0 atom stereocenters. The highest BCUT2D eigenvalue weighted by Crippen LogP contribution is 2.38. The molecule has 0 aliphatic carbocycles. The largest absolute Gasteiger partial charge is 0.496 e. The van der Waals surface area contributed by atoms with Crippen molar-refractivity contribution in [3.05, 3.63) is 64.6 Å². The van der Waals surface area contributed by atoms with Gasteiger partial charge < -0.3 is 19.2 Å². The molecule has 2 aromatic carbocycles.